The minimum absolute atomic E-state index is 0.380. The normalized spacial score (nSPS) is 26.8. The highest BCUT2D eigenvalue weighted by Crippen LogP contribution is 2.30. The Kier molecular flexibility index (Phi) is 3.13. The molecule has 0 aromatic carbocycles. The van der Waals surface area contributed by atoms with Gasteiger partial charge in [-0.25, -0.2) is 0 Å². The molecule has 0 atom stereocenters. The van der Waals surface area contributed by atoms with E-state index in [1.807, 2.05) is 0 Å². The Morgan fingerprint density at radius 3 is 2.33 bits per heavy atom. The van der Waals surface area contributed by atoms with Gasteiger partial charge in [0.15, 0.2) is 0 Å². The third-order valence-electron chi connectivity index (χ3n) is 2.43. The summed E-state index contributed by atoms with van der Waals surface area (Å²) in [6, 6.07) is 0. The molecule has 0 heteroatoms. The van der Waals surface area contributed by atoms with Crippen LogP contribution in [0.15, 0.2) is 23.8 Å². The first kappa shape index (κ1) is 9.57. The van der Waals surface area contributed by atoms with Gasteiger partial charge in [0, 0.05) is 0 Å². The van der Waals surface area contributed by atoms with Gasteiger partial charge in [0.2, 0.25) is 0 Å². The van der Waals surface area contributed by atoms with Crippen molar-refractivity contribution in [3.63, 3.8) is 0 Å². The molecule has 0 saturated heterocycles. The molecule has 0 spiro atoms. The van der Waals surface area contributed by atoms with E-state index in [9.17, 15) is 0 Å². The maximum absolute atomic E-state index is 2.43. The summed E-state index contributed by atoms with van der Waals surface area (Å²) >= 11 is 0. The van der Waals surface area contributed by atoms with Crippen molar-refractivity contribution < 1.29 is 0 Å². The molecule has 0 nitrogen and oxygen atoms in total. The lowest BCUT2D eigenvalue weighted by atomic mass is 9.82. The van der Waals surface area contributed by atoms with Gasteiger partial charge in [-0.3, -0.25) is 0 Å². The molecule has 0 amide bonds. The van der Waals surface area contributed by atoms with Gasteiger partial charge in [-0.15, -0.1) is 0 Å². The summed E-state index contributed by atoms with van der Waals surface area (Å²) in [5.74, 6) is 0. The Labute approximate surface area is 76.4 Å². The van der Waals surface area contributed by atoms with E-state index in [1.54, 1.807) is 5.57 Å². The molecule has 1 aliphatic carbocycles. The van der Waals surface area contributed by atoms with Crippen molar-refractivity contribution in [2.24, 2.45) is 5.41 Å². The number of allylic oxidation sites excluding steroid dienone is 4. The highest BCUT2D eigenvalue weighted by molar-refractivity contribution is 5.13. The molecule has 68 valence electrons. The molecule has 0 bridgehead atoms. The summed E-state index contributed by atoms with van der Waals surface area (Å²) in [6.45, 7) is 6.93. The zero-order valence-corrected chi connectivity index (χ0v) is 8.56. The van der Waals surface area contributed by atoms with Gasteiger partial charge in [0.25, 0.3) is 0 Å². The first-order chi connectivity index (χ1) is 5.61. The van der Waals surface area contributed by atoms with E-state index < -0.39 is 0 Å². The second kappa shape index (κ2) is 3.93. The second-order valence-electron chi connectivity index (χ2n) is 4.57. The van der Waals surface area contributed by atoms with Crippen LogP contribution >= 0.6 is 0 Å². The SMILES string of the molecule is CC(C)(C)/C1=C/CC/C=C\CC1. The largest absolute Gasteiger partial charge is 0.0882 e. The van der Waals surface area contributed by atoms with E-state index in [1.165, 1.54) is 25.7 Å². The summed E-state index contributed by atoms with van der Waals surface area (Å²) in [6.07, 6.45) is 12.0. The Bertz CT molecular complexity index is 189. The third-order valence-corrected chi connectivity index (χ3v) is 2.43. The molecule has 0 aliphatic heterocycles. The zero-order chi connectivity index (χ0) is 9.03. The topological polar surface area (TPSA) is 0 Å². The van der Waals surface area contributed by atoms with Crippen LogP contribution < -0.4 is 0 Å². The molecule has 0 unspecified atom stereocenters. The number of rotatable bonds is 0. The van der Waals surface area contributed by atoms with Crippen LogP contribution in [0.1, 0.15) is 46.5 Å². The lowest BCUT2D eigenvalue weighted by Crippen LogP contribution is -2.09. The summed E-state index contributed by atoms with van der Waals surface area (Å²) < 4.78 is 0. The van der Waals surface area contributed by atoms with Crippen molar-refractivity contribution in [2.45, 2.75) is 46.5 Å². The Morgan fingerprint density at radius 2 is 1.67 bits per heavy atom. The summed E-state index contributed by atoms with van der Waals surface area (Å²) in [5, 5.41) is 0. The van der Waals surface area contributed by atoms with E-state index >= 15 is 0 Å². The quantitative estimate of drug-likeness (QED) is 0.473. The predicted octanol–water partition coefficient (Wildman–Crippen LogP) is 4.09. The van der Waals surface area contributed by atoms with Crippen LogP contribution in [0.25, 0.3) is 0 Å². The van der Waals surface area contributed by atoms with Crippen molar-refractivity contribution in [3.05, 3.63) is 23.8 Å². The summed E-state index contributed by atoms with van der Waals surface area (Å²) in [5.41, 5.74) is 2.01. The molecule has 0 aromatic heterocycles. The van der Waals surface area contributed by atoms with Gasteiger partial charge < -0.3 is 0 Å². The Hall–Kier alpha value is -0.520. The molecule has 0 aromatic rings. The van der Waals surface area contributed by atoms with Crippen molar-refractivity contribution in [1.82, 2.24) is 0 Å². The van der Waals surface area contributed by atoms with Gasteiger partial charge in [-0.05, 0) is 31.1 Å². The van der Waals surface area contributed by atoms with Gasteiger partial charge in [0.05, 0.1) is 0 Å². The van der Waals surface area contributed by atoms with Crippen molar-refractivity contribution in [1.29, 1.82) is 0 Å². The predicted molar refractivity (Wildman–Crippen MR) is 55.1 cm³/mol. The van der Waals surface area contributed by atoms with E-state index in [2.05, 4.69) is 39.0 Å². The Balaban J connectivity index is 2.63. The first-order valence-electron chi connectivity index (χ1n) is 4.95. The number of hydrogen-bond acceptors (Lipinski definition) is 0. The third kappa shape index (κ3) is 2.84. The van der Waals surface area contributed by atoms with Crippen LogP contribution in [0, 0.1) is 5.41 Å². The molecule has 0 fully saturated rings. The zero-order valence-electron chi connectivity index (χ0n) is 8.56. The minimum Gasteiger partial charge on any atom is -0.0882 e. The van der Waals surface area contributed by atoms with Crippen LogP contribution in [-0.4, -0.2) is 0 Å². The number of hydrogen-bond donors (Lipinski definition) is 0. The fraction of sp³-hybridized carbons (Fsp3) is 0.667. The molecule has 12 heavy (non-hydrogen) atoms. The van der Waals surface area contributed by atoms with Gasteiger partial charge in [0.1, 0.15) is 0 Å². The second-order valence-corrected chi connectivity index (χ2v) is 4.57. The fourth-order valence-electron chi connectivity index (χ4n) is 1.61. The van der Waals surface area contributed by atoms with E-state index in [4.69, 9.17) is 0 Å². The van der Waals surface area contributed by atoms with E-state index in [0.29, 0.717) is 5.41 Å². The van der Waals surface area contributed by atoms with Crippen molar-refractivity contribution in [3.8, 4) is 0 Å². The van der Waals surface area contributed by atoms with Crippen LogP contribution in [0.2, 0.25) is 0 Å². The van der Waals surface area contributed by atoms with Crippen LogP contribution in [0.3, 0.4) is 0 Å². The van der Waals surface area contributed by atoms with Crippen molar-refractivity contribution >= 4 is 0 Å². The average molecular weight is 164 g/mol. The van der Waals surface area contributed by atoms with Gasteiger partial charge >= 0.3 is 0 Å². The maximum Gasteiger partial charge on any atom is -0.0173 e. The lowest BCUT2D eigenvalue weighted by Gasteiger charge is -2.23. The van der Waals surface area contributed by atoms with Crippen LogP contribution in [0.4, 0.5) is 0 Å². The highest BCUT2D eigenvalue weighted by Gasteiger charge is 2.15. The highest BCUT2D eigenvalue weighted by atomic mass is 14.2. The molecular formula is C12H20. The average Bonchev–Trinajstić information content (AvgIpc) is 1.81. The molecule has 0 heterocycles. The molecule has 0 N–H and O–H groups in total. The molecule has 1 aliphatic rings. The van der Waals surface area contributed by atoms with Crippen molar-refractivity contribution in [2.75, 3.05) is 0 Å². The molecule has 1 rings (SSSR count). The van der Waals surface area contributed by atoms with Crippen LogP contribution in [0.5, 0.6) is 0 Å². The van der Waals surface area contributed by atoms with E-state index in [-0.39, 0.29) is 0 Å². The lowest BCUT2D eigenvalue weighted by molar-refractivity contribution is 0.479. The smallest absolute Gasteiger partial charge is 0.0173 e. The van der Waals surface area contributed by atoms with Gasteiger partial charge in [-0.2, -0.15) is 0 Å². The first-order valence-corrected chi connectivity index (χ1v) is 4.95. The maximum atomic E-state index is 2.43. The summed E-state index contributed by atoms with van der Waals surface area (Å²) in [4.78, 5) is 0. The van der Waals surface area contributed by atoms with Crippen LogP contribution in [-0.2, 0) is 0 Å². The monoisotopic (exact) mass is 164 g/mol. The fourth-order valence-corrected chi connectivity index (χ4v) is 1.61. The molecular weight excluding hydrogens is 144 g/mol. The standard InChI is InChI=1S/C12H20/c1-12(2,3)11-9-7-5-4-6-8-10-11/h4-5,10H,6-9H2,1-3H3/b5-4-,11-10+. The van der Waals surface area contributed by atoms with E-state index in [0.717, 1.165) is 0 Å². The van der Waals surface area contributed by atoms with Gasteiger partial charge in [-0.1, -0.05) is 44.6 Å². The minimum atomic E-state index is 0.380. The Morgan fingerprint density at radius 1 is 1.00 bits per heavy atom. The molecule has 0 radical (unpaired) electrons. The molecule has 0 saturated carbocycles. The summed E-state index contributed by atoms with van der Waals surface area (Å²) in [7, 11) is 0.